The number of H-pyrrole nitrogens is 1. The number of nitrogens with one attached hydrogen (secondary N) is 2. The summed E-state index contributed by atoms with van der Waals surface area (Å²) in [7, 11) is 0. The van der Waals surface area contributed by atoms with Gasteiger partial charge in [-0.2, -0.15) is 5.10 Å². The van der Waals surface area contributed by atoms with E-state index < -0.39 is 0 Å². The van der Waals surface area contributed by atoms with Crippen LogP contribution in [0.15, 0.2) is 53.5 Å². The summed E-state index contributed by atoms with van der Waals surface area (Å²) in [6, 6.07) is 14.4. The van der Waals surface area contributed by atoms with Crippen molar-refractivity contribution in [3.63, 3.8) is 0 Å². The molecule has 2 aromatic heterocycles. The van der Waals surface area contributed by atoms with Crippen LogP contribution in [-0.2, 0) is 6.54 Å². The van der Waals surface area contributed by atoms with E-state index >= 15 is 0 Å². The number of aromatic nitrogens is 3. The second kappa shape index (κ2) is 11.9. The third-order valence-corrected chi connectivity index (χ3v) is 7.73. The fraction of sp³-hybridized carbons (Fsp3) is 0.406. The molecule has 7 nitrogen and oxygen atoms in total. The van der Waals surface area contributed by atoms with E-state index in [2.05, 4.69) is 28.0 Å². The van der Waals surface area contributed by atoms with Crippen LogP contribution in [-0.4, -0.2) is 27.3 Å². The van der Waals surface area contributed by atoms with E-state index in [1.54, 1.807) is 0 Å². The predicted molar refractivity (Wildman–Crippen MR) is 155 cm³/mol. The fourth-order valence-electron chi connectivity index (χ4n) is 5.61. The van der Waals surface area contributed by atoms with E-state index in [4.69, 9.17) is 9.84 Å². The minimum Gasteiger partial charge on any atom is -0.494 e. The van der Waals surface area contributed by atoms with Crippen LogP contribution in [0.4, 0.5) is 0 Å². The van der Waals surface area contributed by atoms with Gasteiger partial charge in [0.05, 0.1) is 29.9 Å². The van der Waals surface area contributed by atoms with Crippen molar-refractivity contribution in [3.8, 4) is 16.9 Å². The van der Waals surface area contributed by atoms with Gasteiger partial charge in [-0.3, -0.25) is 14.3 Å². The molecule has 2 N–H and O–H groups in total. The van der Waals surface area contributed by atoms with Gasteiger partial charge in [0.1, 0.15) is 5.75 Å². The van der Waals surface area contributed by atoms with E-state index in [1.807, 2.05) is 56.4 Å². The van der Waals surface area contributed by atoms with Crippen molar-refractivity contribution >= 4 is 16.8 Å². The third-order valence-electron chi connectivity index (χ3n) is 7.73. The number of hydrogen-bond donors (Lipinski definition) is 2. The highest BCUT2D eigenvalue weighted by molar-refractivity contribution is 6.08. The Balaban J connectivity index is 1.50. The first-order chi connectivity index (χ1) is 18.9. The van der Waals surface area contributed by atoms with Crippen molar-refractivity contribution in [2.24, 2.45) is 0 Å². The number of pyridine rings is 1. The highest BCUT2D eigenvalue weighted by Crippen LogP contribution is 2.35. The van der Waals surface area contributed by atoms with Gasteiger partial charge in [-0.25, -0.2) is 0 Å². The van der Waals surface area contributed by atoms with Gasteiger partial charge in [0, 0.05) is 23.2 Å². The minimum absolute atomic E-state index is 0.157. The number of carbonyl (C=O) groups excluding carboxylic acids is 1. The lowest BCUT2D eigenvalue weighted by Gasteiger charge is -2.15. The van der Waals surface area contributed by atoms with E-state index in [9.17, 15) is 9.59 Å². The highest BCUT2D eigenvalue weighted by Gasteiger charge is 2.23. The zero-order valence-electron chi connectivity index (χ0n) is 23.2. The number of rotatable bonds is 10. The summed E-state index contributed by atoms with van der Waals surface area (Å²) >= 11 is 0. The van der Waals surface area contributed by atoms with Crippen molar-refractivity contribution in [2.45, 2.75) is 78.3 Å². The molecule has 0 atom stereocenters. The summed E-state index contributed by atoms with van der Waals surface area (Å²) < 4.78 is 8.11. The number of nitrogens with zero attached hydrogens (tertiary/aromatic N) is 2. The topological polar surface area (TPSA) is 89.0 Å². The Morgan fingerprint density at radius 1 is 1.10 bits per heavy atom. The quantitative estimate of drug-likeness (QED) is 0.227. The molecule has 7 heteroatoms. The summed E-state index contributed by atoms with van der Waals surface area (Å²) in [5.74, 6) is 0.604. The standard InChI is InChI=1S/C32H38N4O3/c1-4-5-8-14-39-26-13-9-10-23(16-26)24-17-27(29-20-34-36(30(29)18-24)25-11-6-7-12-25)31(37)33-19-28-21(2)15-22(3)35-32(28)38/h9-10,13,15-18,20,25H,4-8,11-12,14,19H2,1-3H3,(H,33,37)(H,35,38). The smallest absolute Gasteiger partial charge is 0.253 e. The molecule has 2 aromatic carbocycles. The summed E-state index contributed by atoms with van der Waals surface area (Å²) in [5, 5.41) is 8.56. The number of carbonyl (C=O) groups is 1. The Morgan fingerprint density at radius 2 is 1.92 bits per heavy atom. The molecule has 1 aliphatic rings. The molecular weight excluding hydrogens is 488 g/mol. The Labute approximate surface area is 229 Å². The van der Waals surface area contributed by atoms with E-state index in [0.29, 0.717) is 23.8 Å². The molecule has 5 rings (SSSR count). The van der Waals surface area contributed by atoms with Crippen LogP contribution < -0.4 is 15.6 Å². The minimum atomic E-state index is -0.223. The van der Waals surface area contributed by atoms with Gasteiger partial charge >= 0.3 is 0 Å². The molecule has 1 fully saturated rings. The van der Waals surface area contributed by atoms with Gasteiger partial charge < -0.3 is 15.0 Å². The number of aromatic amines is 1. The molecule has 1 aliphatic carbocycles. The molecule has 0 unspecified atom stereocenters. The molecule has 0 bridgehead atoms. The first kappa shape index (κ1) is 26.7. The summed E-state index contributed by atoms with van der Waals surface area (Å²) in [5.41, 5.74) is 5.51. The SMILES string of the molecule is CCCCCOc1cccc(-c2cc(C(=O)NCc3c(C)cc(C)[nH]c3=O)c3cnn(C4CCCC4)c3c2)c1. The molecule has 204 valence electrons. The molecule has 0 saturated heterocycles. The van der Waals surface area contributed by atoms with Crippen LogP contribution >= 0.6 is 0 Å². The second-order valence-corrected chi connectivity index (χ2v) is 10.7. The molecule has 1 saturated carbocycles. The summed E-state index contributed by atoms with van der Waals surface area (Å²) in [6.45, 7) is 6.78. The molecule has 1 amide bonds. The molecule has 0 spiro atoms. The maximum absolute atomic E-state index is 13.6. The van der Waals surface area contributed by atoms with E-state index in [1.165, 1.54) is 12.8 Å². The average Bonchev–Trinajstić information content (AvgIpc) is 3.60. The largest absolute Gasteiger partial charge is 0.494 e. The Kier molecular flexibility index (Phi) is 8.15. The number of amides is 1. The summed E-state index contributed by atoms with van der Waals surface area (Å²) in [6.07, 6.45) is 9.72. The van der Waals surface area contributed by atoms with Gasteiger partial charge in [0.25, 0.3) is 11.5 Å². The van der Waals surface area contributed by atoms with Crippen molar-refractivity contribution in [3.05, 3.63) is 81.4 Å². The number of ether oxygens (including phenoxy) is 1. The van der Waals surface area contributed by atoms with Crippen molar-refractivity contribution in [1.82, 2.24) is 20.1 Å². The fourth-order valence-corrected chi connectivity index (χ4v) is 5.61. The average molecular weight is 527 g/mol. The van der Waals surface area contributed by atoms with Crippen molar-refractivity contribution in [1.29, 1.82) is 0 Å². The Bertz CT molecular complexity index is 1530. The van der Waals surface area contributed by atoms with Gasteiger partial charge in [-0.15, -0.1) is 0 Å². The number of unbranched alkanes of at least 4 members (excludes halogenated alkanes) is 2. The molecule has 2 heterocycles. The lowest BCUT2D eigenvalue weighted by molar-refractivity contribution is 0.0952. The van der Waals surface area contributed by atoms with Gasteiger partial charge in [0.2, 0.25) is 0 Å². The van der Waals surface area contributed by atoms with Crippen molar-refractivity contribution < 1.29 is 9.53 Å². The zero-order chi connectivity index (χ0) is 27.4. The molecule has 0 aliphatic heterocycles. The van der Waals surface area contributed by atoms with Crippen LogP contribution in [0.25, 0.3) is 22.0 Å². The number of fused-ring (bicyclic) bond motifs is 1. The molecule has 4 aromatic rings. The lowest BCUT2D eigenvalue weighted by atomic mass is 9.99. The molecule has 0 radical (unpaired) electrons. The maximum atomic E-state index is 13.6. The normalized spacial score (nSPS) is 13.7. The van der Waals surface area contributed by atoms with Gasteiger partial charge in [-0.1, -0.05) is 44.7 Å². The van der Waals surface area contributed by atoms with Crippen LogP contribution in [0.1, 0.15) is 85.1 Å². The maximum Gasteiger partial charge on any atom is 0.253 e. The van der Waals surface area contributed by atoms with Gasteiger partial charge in [-0.05, 0) is 80.1 Å². The van der Waals surface area contributed by atoms with E-state index in [-0.39, 0.29) is 18.0 Å². The summed E-state index contributed by atoms with van der Waals surface area (Å²) in [4.78, 5) is 29.0. The van der Waals surface area contributed by atoms with Crippen LogP contribution in [0.3, 0.4) is 0 Å². The van der Waals surface area contributed by atoms with E-state index in [0.717, 1.165) is 71.1 Å². The molecule has 39 heavy (non-hydrogen) atoms. The Morgan fingerprint density at radius 3 is 2.69 bits per heavy atom. The predicted octanol–water partition coefficient (Wildman–Crippen LogP) is 6.62. The van der Waals surface area contributed by atoms with Crippen LogP contribution in [0.2, 0.25) is 0 Å². The van der Waals surface area contributed by atoms with Crippen LogP contribution in [0.5, 0.6) is 5.75 Å². The zero-order valence-corrected chi connectivity index (χ0v) is 23.2. The Hall–Kier alpha value is -3.87. The lowest BCUT2D eigenvalue weighted by Crippen LogP contribution is -2.28. The first-order valence-electron chi connectivity index (χ1n) is 14.2. The molecular formula is C32H38N4O3. The monoisotopic (exact) mass is 526 g/mol. The number of benzene rings is 2. The van der Waals surface area contributed by atoms with Crippen LogP contribution in [0, 0.1) is 13.8 Å². The number of aryl methyl sites for hydroxylation is 2. The van der Waals surface area contributed by atoms with Gasteiger partial charge in [0.15, 0.2) is 0 Å². The van der Waals surface area contributed by atoms with Crippen molar-refractivity contribution in [2.75, 3.05) is 6.61 Å². The third kappa shape index (κ3) is 5.92. The second-order valence-electron chi connectivity index (χ2n) is 10.7. The highest BCUT2D eigenvalue weighted by atomic mass is 16.5. The number of hydrogen-bond acceptors (Lipinski definition) is 4. The first-order valence-corrected chi connectivity index (χ1v) is 14.2.